The summed E-state index contributed by atoms with van der Waals surface area (Å²) in [5, 5.41) is 13.0. The summed E-state index contributed by atoms with van der Waals surface area (Å²) in [6.45, 7) is 0.124. The molecule has 0 spiro atoms. The number of fused-ring (bicyclic) bond motifs is 1. The maximum absolute atomic E-state index is 12.4. The van der Waals surface area contributed by atoms with Gasteiger partial charge in [0.05, 0.1) is 5.56 Å². The minimum atomic E-state index is 0.124. The molecule has 0 unspecified atom stereocenters. The molecule has 4 rings (SSSR count). The van der Waals surface area contributed by atoms with E-state index in [1.807, 2.05) is 12.1 Å². The van der Waals surface area contributed by atoms with Gasteiger partial charge in [0.2, 0.25) is 6.79 Å². The third kappa shape index (κ3) is 2.30. The monoisotopic (exact) mass is 340 g/mol. The molecule has 6 heteroatoms. The molecular formula is C18H13ClN2O3. The first kappa shape index (κ1) is 14.7. The second kappa shape index (κ2) is 5.62. The highest BCUT2D eigenvalue weighted by Crippen LogP contribution is 2.43. The number of hydrogen-bond acceptors (Lipinski definition) is 4. The van der Waals surface area contributed by atoms with Crippen LogP contribution in [0.4, 0.5) is 5.69 Å². The van der Waals surface area contributed by atoms with Crippen molar-refractivity contribution in [1.29, 1.82) is 0 Å². The number of nitrogens with zero attached hydrogens (tertiary/aromatic N) is 1. The molecule has 120 valence electrons. The van der Waals surface area contributed by atoms with Gasteiger partial charge in [-0.1, -0.05) is 29.8 Å². The van der Waals surface area contributed by atoms with Crippen molar-refractivity contribution >= 4 is 17.3 Å². The SMILES string of the molecule is Nc1c(-c2cccc(Cl)c2)cc[n+]([O-])c1-c1cccc2c1OCO2. The minimum Gasteiger partial charge on any atom is -0.618 e. The van der Waals surface area contributed by atoms with Crippen LogP contribution in [0.5, 0.6) is 11.5 Å². The highest BCUT2D eigenvalue weighted by molar-refractivity contribution is 6.30. The summed E-state index contributed by atoms with van der Waals surface area (Å²) in [5.41, 5.74) is 9.19. The van der Waals surface area contributed by atoms with Gasteiger partial charge >= 0.3 is 0 Å². The van der Waals surface area contributed by atoms with Crippen LogP contribution in [0.25, 0.3) is 22.4 Å². The largest absolute Gasteiger partial charge is 0.618 e. The van der Waals surface area contributed by atoms with Crippen molar-refractivity contribution in [3.8, 4) is 33.9 Å². The first-order chi connectivity index (χ1) is 11.6. The van der Waals surface area contributed by atoms with Crippen molar-refractivity contribution in [1.82, 2.24) is 0 Å². The van der Waals surface area contributed by atoms with Gasteiger partial charge in [0, 0.05) is 16.7 Å². The number of hydrogen-bond donors (Lipinski definition) is 1. The minimum absolute atomic E-state index is 0.124. The van der Waals surface area contributed by atoms with Crippen LogP contribution in [-0.4, -0.2) is 6.79 Å². The molecule has 1 aliphatic rings. The van der Waals surface area contributed by atoms with E-state index in [0.29, 0.717) is 33.5 Å². The number of aromatic nitrogens is 1. The Balaban J connectivity index is 1.94. The molecule has 0 saturated heterocycles. The Bertz CT molecular complexity index is 944. The number of nitrogen functional groups attached to an aromatic ring is 1. The smallest absolute Gasteiger partial charge is 0.251 e. The Labute approximate surface area is 143 Å². The van der Waals surface area contributed by atoms with Crippen LogP contribution in [0.1, 0.15) is 0 Å². The number of para-hydroxylation sites is 1. The Kier molecular flexibility index (Phi) is 3.43. The molecule has 3 aromatic rings. The van der Waals surface area contributed by atoms with Crippen LogP contribution >= 0.6 is 11.6 Å². The summed E-state index contributed by atoms with van der Waals surface area (Å²) in [5.74, 6) is 1.12. The van der Waals surface area contributed by atoms with E-state index in [9.17, 15) is 5.21 Å². The van der Waals surface area contributed by atoms with Crippen LogP contribution in [-0.2, 0) is 0 Å². The number of rotatable bonds is 2. The van der Waals surface area contributed by atoms with Gasteiger partial charge in [0.25, 0.3) is 5.69 Å². The second-order valence-corrected chi connectivity index (χ2v) is 5.80. The lowest BCUT2D eigenvalue weighted by Crippen LogP contribution is -2.30. The van der Waals surface area contributed by atoms with Crippen LogP contribution in [0.3, 0.4) is 0 Å². The molecule has 0 amide bonds. The van der Waals surface area contributed by atoms with Crippen LogP contribution in [0.2, 0.25) is 5.02 Å². The van der Waals surface area contributed by atoms with Crippen LogP contribution in [0, 0.1) is 5.21 Å². The van der Waals surface area contributed by atoms with E-state index in [2.05, 4.69) is 0 Å². The molecule has 0 aliphatic carbocycles. The van der Waals surface area contributed by atoms with Crippen molar-refractivity contribution in [2.45, 2.75) is 0 Å². The zero-order chi connectivity index (χ0) is 16.7. The number of halogens is 1. The number of nitrogens with two attached hydrogens (primary N) is 1. The summed E-state index contributed by atoms with van der Waals surface area (Å²) in [6.07, 6.45) is 1.43. The summed E-state index contributed by atoms with van der Waals surface area (Å²) in [6, 6.07) is 14.4. The Morgan fingerprint density at radius 2 is 1.88 bits per heavy atom. The molecule has 0 saturated carbocycles. The van der Waals surface area contributed by atoms with Crippen molar-refractivity contribution in [2.24, 2.45) is 0 Å². The highest BCUT2D eigenvalue weighted by atomic mass is 35.5. The predicted octanol–water partition coefficient (Wildman–Crippen LogP) is 3.62. The van der Waals surface area contributed by atoms with Crippen LogP contribution in [0.15, 0.2) is 54.7 Å². The lowest BCUT2D eigenvalue weighted by Gasteiger charge is -2.13. The molecule has 2 aromatic carbocycles. The normalized spacial score (nSPS) is 12.4. The van der Waals surface area contributed by atoms with Gasteiger partial charge in [-0.15, -0.1) is 0 Å². The van der Waals surface area contributed by atoms with Gasteiger partial charge in [0.15, 0.2) is 17.7 Å². The van der Waals surface area contributed by atoms with Crippen molar-refractivity contribution in [3.63, 3.8) is 0 Å². The Hall–Kier alpha value is -2.92. The summed E-state index contributed by atoms with van der Waals surface area (Å²) in [4.78, 5) is 0. The molecular weight excluding hydrogens is 328 g/mol. The first-order valence-electron chi connectivity index (χ1n) is 7.32. The maximum atomic E-state index is 12.4. The summed E-state index contributed by atoms with van der Waals surface area (Å²) < 4.78 is 11.6. The average Bonchev–Trinajstić information content (AvgIpc) is 3.04. The molecule has 1 aromatic heterocycles. The van der Waals surface area contributed by atoms with E-state index >= 15 is 0 Å². The third-order valence-electron chi connectivity index (χ3n) is 3.93. The fourth-order valence-corrected chi connectivity index (χ4v) is 3.03. The fraction of sp³-hybridized carbons (Fsp3) is 0.0556. The molecule has 0 fully saturated rings. The molecule has 2 N–H and O–H groups in total. The summed E-state index contributed by atoms with van der Waals surface area (Å²) >= 11 is 6.07. The van der Waals surface area contributed by atoms with E-state index in [-0.39, 0.29) is 6.79 Å². The lowest BCUT2D eigenvalue weighted by atomic mass is 10.00. The van der Waals surface area contributed by atoms with Crippen molar-refractivity contribution < 1.29 is 14.2 Å². The van der Waals surface area contributed by atoms with Crippen LogP contribution < -0.4 is 19.9 Å². The standard InChI is InChI=1S/C18H13ClN2O3/c19-12-4-1-3-11(9-12)13-7-8-21(22)17(16(13)20)14-5-2-6-15-18(14)24-10-23-15/h1-9H,10,20H2. The van der Waals surface area contributed by atoms with Crippen molar-refractivity contribution in [3.05, 3.63) is 65.0 Å². The predicted molar refractivity (Wildman–Crippen MR) is 91.8 cm³/mol. The van der Waals surface area contributed by atoms with E-state index in [0.717, 1.165) is 15.9 Å². The molecule has 0 bridgehead atoms. The average molecular weight is 341 g/mol. The Morgan fingerprint density at radius 3 is 2.71 bits per heavy atom. The van der Waals surface area contributed by atoms with Gasteiger partial charge in [-0.3, -0.25) is 0 Å². The number of benzene rings is 2. The van der Waals surface area contributed by atoms with E-state index < -0.39 is 0 Å². The molecule has 5 nitrogen and oxygen atoms in total. The molecule has 2 heterocycles. The third-order valence-corrected chi connectivity index (χ3v) is 4.16. The van der Waals surface area contributed by atoms with E-state index in [1.54, 1.807) is 36.4 Å². The lowest BCUT2D eigenvalue weighted by molar-refractivity contribution is -0.592. The van der Waals surface area contributed by atoms with E-state index in [4.69, 9.17) is 26.8 Å². The Morgan fingerprint density at radius 1 is 1.04 bits per heavy atom. The van der Waals surface area contributed by atoms with Gasteiger partial charge in [-0.05, 0) is 29.8 Å². The maximum Gasteiger partial charge on any atom is 0.251 e. The molecule has 24 heavy (non-hydrogen) atoms. The highest BCUT2D eigenvalue weighted by Gasteiger charge is 2.26. The zero-order valence-corrected chi connectivity index (χ0v) is 13.3. The topological polar surface area (TPSA) is 71.4 Å². The summed E-state index contributed by atoms with van der Waals surface area (Å²) in [7, 11) is 0. The number of ether oxygens (including phenoxy) is 2. The molecule has 1 aliphatic heterocycles. The second-order valence-electron chi connectivity index (χ2n) is 5.37. The van der Waals surface area contributed by atoms with Gasteiger partial charge in [-0.25, -0.2) is 0 Å². The first-order valence-corrected chi connectivity index (χ1v) is 7.69. The molecule has 0 atom stereocenters. The zero-order valence-electron chi connectivity index (χ0n) is 12.5. The van der Waals surface area contributed by atoms with Gasteiger partial charge < -0.3 is 20.4 Å². The quantitative estimate of drug-likeness (QED) is 0.571. The van der Waals surface area contributed by atoms with Gasteiger partial charge in [0.1, 0.15) is 5.69 Å². The number of anilines is 1. The van der Waals surface area contributed by atoms with E-state index in [1.165, 1.54) is 6.20 Å². The number of pyridine rings is 1. The van der Waals surface area contributed by atoms with Crippen molar-refractivity contribution in [2.75, 3.05) is 12.5 Å². The fourth-order valence-electron chi connectivity index (χ4n) is 2.84. The molecule has 0 radical (unpaired) electrons. The van der Waals surface area contributed by atoms with Gasteiger partial charge in [-0.2, -0.15) is 4.73 Å².